The zero-order valence-corrected chi connectivity index (χ0v) is 14.1. The summed E-state index contributed by atoms with van der Waals surface area (Å²) in [7, 11) is 2.10. The molecular formula is C19H24N2O3. The van der Waals surface area contributed by atoms with Gasteiger partial charge in [-0.15, -0.1) is 0 Å². The number of aromatic nitrogens is 1. The molecule has 1 atom stereocenters. The van der Waals surface area contributed by atoms with Crippen LogP contribution >= 0.6 is 0 Å². The smallest absolute Gasteiger partial charge is 0.130 e. The van der Waals surface area contributed by atoms with Gasteiger partial charge in [-0.2, -0.15) is 0 Å². The second-order valence-electron chi connectivity index (χ2n) is 6.02. The van der Waals surface area contributed by atoms with E-state index in [1.54, 1.807) is 6.20 Å². The van der Waals surface area contributed by atoms with Gasteiger partial charge in [0.25, 0.3) is 0 Å². The molecule has 1 saturated heterocycles. The fourth-order valence-electron chi connectivity index (χ4n) is 2.74. The highest BCUT2D eigenvalue weighted by molar-refractivity contribution is 5.28. The van der Waals surface area contributed by atoms with Gasteiger partial charge in [-0.05, 0) is 36.9 Å². The highest BCUT2D eigenvalue weighted by atomic mass is 16.6. The van der Waals surface area contributed by atoms with Crippen LogP contribution in [0.25, 0.3) is 0 Å². The summed E-state index contributed by atoms with van der Waals surface area (Å²) in [5, 5.41) is 0. The van der Waals surface area contributed by atoms with Crippen molar-refractivity contribution in [2.45, 2.75) is 19.3 Å². The second-order valence-corrected chi connectivity index (χ2v) is 6.02. The Kier molecular flexibility index (Phi) is 6.18. The summed E-state index contributed by atoms with van der Waals surface area (Å²) in [6.45, 7) is 4.26. The SMILES string of the molecule is CN(Cc1cccc(OCc2ccccn2)c1)C[C@H]1COCCO1. The standard InChI is InChI=1S/C19H24N2O3/c1-21(13-19-15-22-9-10-23-19)12-16-5-4-7-18(11-16)24-14-17-6-2-3-8-20-17/h2-8,11,19H,9-10,12-15H2,1H3/t19-/m0/s1. The van der Waals surface area contributed by atoms with Crippen molar-refractivity contribution in [1.29, 1.82) is 0 Å². The summed E-state index contributed by atoms with van der Waals surface area (Å²) >= 11 is 0. The summed E-state index contributed by atoms with van der Waals surface area (Å²) in [5.74, 6) is 0.865. The quantitative estimate of drug-likeness (QED) is 0.781. The minimum Gasteiger partial charge on any atom is -0.487 e. The number of nitrogens with zero attached hydrogens (tertiary/aromatic N) is 2. The normalized spacial score (nSPS) is 17.8. The number of hydrogen-bond acceptors (Lipinski definition) is 5. The monoisotopic (exact) mass is 328 g/mol. The van der Waals surface area contributed by atoms with E-state index in [2.05, 4.69) is 29.1 Å². The van der Waals surface area contributed by atoms with Crippen LogP contribution in [0, 0.1) is 0 Å². The Hall–Kier alpha value is -1.95. The van der Waals surface area contributed by atoms with E-state index in [4.69, 9.17) is 14.2 Å². The van der Waals surface area contributed by atoms with Crippen LogP contribution in [0.1, 0.15) is 11.3 Å². The summed E-state index contributed by atoms with van der Waals surface area (Å²) < 4.78 is 17.0. The minimum atomic E-state index is 0.160. The van der Waals surface area contributed by atoms with Crippen LogP contribution in [0.4, 0.5) is 0 Å². The summed E-state index contributed by atoms with van der Waals surface area (Å²) in [6, 6.07) is 14.0. The molecule has 1 fully saturated rings. The van der Waals surface area contributed by atoms with E-state index in [1.807, 2.05) is 30.3 Å². The molecule has 0 amide bonds. The van der Waals surface area contributed by atoms with Crippen LogP contribution in [0.15, 0.2) is 48.7 Å². The van der Waals surface area contributed by atoms with Gasteiger partial charge in [0.2, 0.25) is 0 Å². The lowest BCUT2D eigenvalue weighted by atomic mass is 10.2. The van der Waals surface area contributed by atoms with Crippen molar-refractivity contribution >= 4 is 0 Å². The summed E-state index contributed by atoms with van der Waals surface area (Å²) in [5.41, 5.74) is 2.14. The third-order valence-electron chi connectivity index (χ3n) is 3.86. The van der Waals surface area contributed by atoms with Crippen molar-refractivity contribution in [2.75, 3.05) is 33.4 Å². The van der Waals surface area contributed by atoms with Crippen molar-refractivity contribution < 1.29 is 14.2 Å². The van der Waals surface area contributed by atoms with Crippen molar-refractivity contribution in [2.24, 2.45) is 0 Å². The van der Waals surface area contributed by atoms with Gasteiger partial charge in [0.15, 0.2) is 0 Å². The van der Waals surface area contributed by atoms with Crippen LogP contribution < -0.4 is 4.74 Å². The molecule has 2 heterocycles. The highest BCUT2D eigenvalue weighted by Crippen LogP contribution is 2.16. The molecule has 0 spiro atoms. The van der Waals surface area contributed by atoms with E-state index in [0.29, 0.717) is 26.4 Å². The van der Waals surface area contributed by atoms with Crippen molar-refractivity contribution in [3.63, 3.8) is 0 Å². The molecule has 0 saturated carbocycles. The Morgan fingerprint density at radius 1 is 1.21 bits per heavy atom. The summed E-state index contributed by atoms with van der Waals surface area (Å²) in [4.78, 5) is 6.52. The molecule has 0 radical (unpaired) electrons. The molecule has 24 heavy (non-hydrogen) atoms. The third-order valence-corrected chi connectivity index (χ3v) is 3.86. The average Bonchev–Trinajstić information content (AvgIpc) is 2.62. The van der Waals surface area contributed by atoms with E-state index < -0.39 is 0 Å². The van der Waals surface area contributed by atoms with E-state index in [9.17, 15) is 0 Å². The van der Waals surface area contributed by atoms with Crippen molar-refractivity contribution in [1.82, 2.24) is 9.88 Å². The maximum absolute atomic E-state index is 5.84. The predicted octanol–water partition coefficient (Wildman–Crippen LogP) is 2.51. The maximum atomic E-state index is 5.84. The van der Waals surface area contributed by atoms with Crippen LogP contribution in [0.3, 0.4) is 0 Å². The molecule has 0 unspecified atom stereocenters. The van der Waals surface area contributed by atoms with Crippen LogP contribution in [-0.4, -0.2) is 49.4 Å². The Labute approximate surface area is 143 Å². The van der Waals surface area contributed by atoms with Gasteiger partial charge in [0.1, 0.15) is 12.4 Å². The number of hydrogen-bond donors (Lipinski definition) is 0. The number of ether oxygens (including phenoxy) is 3. The molecule has 2 aromatic rings. The Balaban J connectivity index is 1.50. The summed E-state index contributed by atoms with van der Waals surface area (Å²) in [6.07, 6.45) is 1.94. The maximum Gasteiger partial charge on any atom is 0.130 e. The van der Waals surface area contributed by atoms with Crippen LogP contribution in [-0.2, 0) is 22.6 Å². The molecule has 5 nitrogen and oxygen atoms in total. The lowest BCUT2D eigenvalue weighted by Crippen LogP contribution is -2.38. The van der Waals surface area contributed by atoms with E-state index in [-0.39, 0.29) is 6.10 Å². The first-order chi connectivity index (χ1) is 11.8. The van der Waals surface area contributed by atoms with Gasteiger partial charge in [-0.1, -0.05) is 18.2 Å². The van der Waals surface area contributed by atoms with Crippen LogP contribution in [0.2, 0.25) is 0 Å². The molecule has 0 bridgehead atoms. The first-order valence-electron chi connectivity index (χ1n) is 8.29. The predicted molar refractivity (Wildman–Crippen MR) is 91.9 cm³/mol. The van der Waals surface area contributed by atoms with Crippen LogP contribution in [0.5, 0.6) is 5.75 Å². The minimum absolute atomic E-state index is 0.160. The first-order valence-corrected chi connectivity index (χ1v) is 8.29. The van der Waals surface area contributed by atoms with Gasteiger partial charge in [-0.25, -0.2) is 0 Å². The number of pyridine rings is 1. The number of likely N-dealkylation sites (N-methyl/N-ethyl adjacent to an activating group) is 1. The zero-order valence-electron chi connectivity index (χ0n) is 14.1. The molecule has 5 heteroatoms. The zero-order chi connectivity index (χ0) is 16.6. The lowest BCUT2D eigenvalue weighted by Gasteiger charge is -2.27. The molecule has 0 aliphatic carbocycles. The van der Waals surface area contributed by atoms with Gasteiger partial charge in [0, 0.05) is 19.3 Å². The molecule has 128 valence electrons. The second kappa shape index (κ2) is 8.78. The molecule has 1 aliphatic heterocycles. The van der Waals surface area contributed by atoms with Gasteiger partial charge >= 0.3 is 0 Å². The molecule has 1 aromatic carbocycles. The van der Waals surface area contributed by atoms with Crippen molar-refractivity contribution in [3.8, 4) is 5.75 Å². The third kappa shape index (κ3) is 5.30. The van der Waals surface area contributed by atoms with E-state index in [1.165, 1.54) is 5.56 Å². The molecule has 3 rings (SSSR count). The molecule has 0 N–H and O–H groups in total. The largest absolute Gasteiger partial charge is 0.487 e. The van der Waals surface area contributed by atoms with Gasteiger partial charge < -0.3 is 14.2 Å². The van der Waals surface area contributed by atoms with E-state index in [0.717, 1.165) is 24.5 Å². The Morgan fingerprint density at radius 3 is 2.96 bits per heavy atom. The van der Waals surface area contributed by atoms with Gasteiger partial charge in [0.05, 0.1) is 31.6 Å². The lowest BCUT2D eigenvalue weighted by molar-refractivity contribution is -0.0962. The number of benzene rings is 1. The Bertz CT molecular complexity index is 615. The highest BCUT2D eigenvalue weighted by Gasteiger charge is 2.16. The van der Waals surface area contributed by atoms with E-state index >= 15 is 0 Å². The molecular weight excluding hydrogens is 304 g/mol. The topological polar surface area (TPSA) is 43.8 Å². The molecule has 1 aliphatic rings. The average molecular weight is 328 g/mol. The molecule has 1 aromatic heterocycles. The number of rotatable bonds is 7. The fourth-order valence-corrected chi connectivity index (χ4v) is 2.74. The first kappa shape index (κ1) is 16.9. The van der Waals surface area contributed by atoms with Crippen molar-refractivity contribution in [3.05, 3.63) is 59.9 Å². The fraction of sp³-hybridized carbons (Fsp3) is 0.421. The Morgan fingerprint density at radius 2 is 2.17 bits per heavy atom. The van der Waals surface area contributed by atoms with Gasteiger partial charge in [-0.3, -0.25) is 9.88 Å².